The molecule has 0 aliphatic carbocycles. The maximum absolute atomic E-state index is 14.3. The molecule has 0 spiro atoms. The molecule has 1 fully saturated rings. The molecule has 3 aliphatic heterocycles. The number of likely N-dealkylation sites (tertiary alicyclic amines) is 1. The lowest BCUT2D eigenvalue weighted by atomic mass is 9.94. The van der Waals surface area contributed by atoms with Gasteiger partial charge in [0.25, 0.3) is 5.91 Å². The summed E-state index contributed by atoms with van der Waals surface area (Å²) in [5, 5.41) is 3.01. The lowest BCUT2D eigenvalue weighted by molar-refractivity contribution is -0.152. The average Bonchev–Trinajstić information content (AvgIpc) is 3.34. The molecule has 4 amide bonds. The van der Waals surface area contributed by atoms with Gasteiger partial charge in [0.1, 0.15) is 6.04 Å². The SMILES string of the molecule is C=CCN1C(=O)N[C@H](c2ccc(C)cc2)C2=C1CN([C@H](Cc1ccccc1)C(=O)N1CCC(C(=O)OCC)CC1)C2=O. The van der Waals surface area contributed by atoms with Crippen LogP contribution in [0, 0.1) is 12.8 Å². The number of ether oxygens (including phenoxy) is 1. The zero-order valence-corrected chi connectivity index (χ0v) is 24.3. The highest BCUT2D eigenvalue weighted by molar-refractivity contribution is 6.03. The van der Waals surface area contributed by atoms with Gasteiger partial charge in [-0.1, -0.05) is 66.2 Å². The van der Waals surface area contributed by atoms with Crippen LogP contribution in [0.25, 0.3) is 0 Å². The molecule has 2 aromatic rings. The number of urea groups is 1. The monoisotopic (exact) mass is 570 g/mol. The van der Waals surface area contributed by atoms with Crippen molar-refractivity contribution in [1.29, 1.82) is 0 Å². The molecule has 0 unspecified atom stereocenters. The molecule has 42 heavy (non-hydrogen) atoms. The Morgan fingerprint density at radius 2 is 1.76 bits per heavy atom. The number of rotatable bonds is 9. The third-order valence-corrected chi connectivity index (χ3v) is 8.33. The van der Waals surface area contributed by atoms with Crippen molar-refractivity contribution in [2.24, 2.45) is 5.92 Å². The molecule has 2 aromatic carbocycles. The first kappa shape index (κ1) is 29.1. The lowest BCUT2D eigenvalue weighted by Crippen LogP contribution is -2.53. The fourth-order valence-electron chi connectivity index (χ4n) is 6.07. The van der Waals surface area contributed by atoms with Gasteiger partial charge >= 0.3 is 12.0 Å². The standard InChI is InChI=1S/C33H38N4O5/c1-4-17-36-27-21-37(31(39)28(27)29(34-33(36)41)24-13-11-22(3)12-14-24)26(20-23-9-7-6-8-10-23)30(38)35-18-15-25(16-19-35)32(40)42-5-2/h4,6-14,25-26,29H,1,5,15-21H2,2-3H3,(H,34,41)/t26-,29-/m1/s1. The van der Waals surface area contributed by atoms with Crippen LogP contribution in [0.2, 0.25) is 0 Å². The predicted octanol–water partition coefficient (Wildman–Crippen LogP) is 3.76. The minimum Gasteiger partial charge on any atom is -0.466 e. The van der Waals surface area contributed by atoms with Gasteiger partial charge in [-0.25, -0.2) is 4.79 Å². The number of hydrogen-bond donors (Lipinski definition) is 1. The molecule has 3 aliphatic rings. The zero-order chi connectivity index (χ0) is 29.8. The van der Waals surface area contributed by atoms with Crippen molar-refractivity contribution in [3.05, 3.63) is 95.2 Å². The fraction of sp³-hybridized carbons (Fsp3) is 0.394. The third kappa shape index (κ3) is 5.82. The second-order valence-electron chi connectivity index (χ2n) is 11.0. The second-order valence-corrected chi connectivity index (χ2v) is 11.0. The predicted molar refractivity (Wildman–Crippen MR) is 158 cm³/mol. The highest BCUT2D eigenvalue weighted by Gasteiger charge is 2.47. The van der Waals surface area contributed by atoms with Crippen LogP contribution in [-0.2, 0) is 25.5 Å². The molecule has 0 saturated carbocycles. The first-order chi connectivity index (χ1) is 20.3. The van der Waals surface area contributed by atoms with E-state index >= 15 is 0 Å². The van der Waals surface area contributed by atoms with Gasteiger partial charge in [-0.05, 0) is 37.8 Å². The molecule has 2 atom stereocenters. The highest BCUT2D eigenvalue weighted by Crippen LogP contribution is 2.38. The lowest BCUT2D eigenvalue weighted by Gasteiger charge is -2.36. The third-order valence-electron chi connectivity index (χ3n) is 8.33. The minimum absolute atomic E-state index is 0.139. The van der Waals surface area contributed by atoms with Crippen LogP contribution in [0.4, 0.5) is 4.79 Å². The number of nitrogens with zero attached hydrogens (tertiary/aromatic N) is 3. The Morgan fingerprint density at radius 3 is 2.40 bits per heavy atom. The summed E-state index contributed by atoms with van der Waals surface area (Å²) in [6.07, 6.45) is 3.00. The van der Waals surface area contributed by atoms with Gasteiger partial charge in [0.05, 0.1) is 36.4 Å². The Labute approximate surface area is 246 Å². The van der Waals surface area contributed by atoms with Crippen molar-refractivity contribution < 1.29 is 23.9 Å². The van der Waals surface area contributed by atoms with Crippen molar-refractivity contribution in [3.8, 4) is 0 Å². The van der Waals surface area contributed by atoms with Crippen molar-refractivity contribution in [3.63, 3.8) is 0 Å². The summed E-state index contributed by atoms with van der Waals surface area (Å²) >= 11 is 0. The Bertz CT molecular complexity index is 1380. The Hall–Kier alpha value is -4.40. The Balaban J connectivity index is 1.46. The van der Waals surface area contributed by atoms with Crippen LogP contribution in [-0.4, -0.2) is 77.3 Å². The van der Waals surface area contributed by atoms with E-state index in [1.54, 1.807) is 27.7 Å². The average molecular weight is 571 g/mol. The smallest absolute Gasteiger partial charge is 0.322 e. The number of esters is 1. The summed E-state index contributed by atoms with van der Waals surface area (Å²) < 4.78 is 5.20. The Kier molecular flexibility index (Phi) is 8.75. The van der Waals surface area contributed by atoms with Gasteiger partial charge in [-0.15, -0.1) is 6.58 Å². The van der Waals surface area contributed by atoms with E-state index in [1.165, 1.54) is 0 Å². The van der Waals surface area contributed by atoms with Crippen LogP contribution < -0.4 is 5.32 Å². The molecular weight excluding hydrogens is 532 g/mol. The van der Waals surface area contributed by atoms with E-state index in [-0.39, 0.29) is 42.8 Å². The summed E-state index contributed by atoms with van der Waals surface area (Å²) in [5.41, 5.74) is 3.89. The van der Waals surface area contributed by atoms with Gasteiger partial charge in [0.2, 0.25) is 5.91 Å². The first-order valence-electron chi connectivity index (χ1n) is 14.6. The van der Waals surface area contributed by atoms with Crippen molar-refractivity contribution >= 4 is 23.8 Å². The quantitative estimate of drug-likeness (QED) is 0.366. The molecule has 1 saturated heterocycles. The van der Waals surface area contributed by atoms with Crippen LogP contribution in [0.5, 0.6) is 0 Å². The number of nitrogens with one attached hydrogen (secondary N) is 1. The van der Waals surface area contributed by atoms with Gasteiger partial charge in [-0.2, -0.15) is 0 Å². The van der Waals surface area contributed by atoms with Gasteiger partial charge in [0, 0.05) is 26.1 Å². The molecule has 0 bridgehead atoms. The highest BCUT2D eigenvalue weighted by atomic mass is 16.5. The van der Waals surface area contributed by atoms with Gasteiger partial charge in [-0.3, -0.25) is 19.3 Å². The molecular formula is C33H38N4O5. The number of benzene rings is 2. The molecule has 9 nitrogen and oxygen atoms in total. The largest absolute Gasteiger partial charge is 0.466 e. The van der Waals surface area contributed by atoms with E-state index in [2.05, 4.69) is 11.9 Å². The fourth-order valence-corrected chi connectivity index (χ4v) is 6.07. The number of aryl methyl sites for hydroxylation is 1. The number of hydrogen-bond acceptors (Lipinski definition) is 5. The summed E-state index contributed by atoms with van der Waals surface area (Å²) in [5.74, 6) is -0.876. The van der Waals surface area contributed by atoms with E-state index in [0.717, 1.165) is 16.7 Å². The molecule has 0 aromatic heterocycles. The molecule has 0 radical (unpaired) electrons. The first-order valence-corrected chi connectivity index (χ1v) is 14.6. The van der Waals surface area contributed by atoms with Gasteiger partial charge < -0.3 is 19.9 Å². The van der Waals surface area contributed by atoms with Crippen molar-refractivity contribution in [1.82, 2.24) is 20.0 Å². The maximum atomic E-state index is 14.3. The Morgan fingerprint density at radius 1 is 1.07 bits per heavy atom. The van der Waals surface area contributed by atoms with Crippen molar-refractivity contribution in [2.75, 3.05) is 32.8 Å². The van der Waals surface area contributed by atoms with Crippen LogP contribution in [0.15, 0.2) is 78.5 Å². The minimum atomic E-state index is -0.774. The second kappa shape index (κ2) is 12.6. The number of carbonyl (C=O) groups is 4. The number of amides is 4. The van der Waals surface area contributed by atoms with Gasteiger partial charge in [0.15, 0.2) is 0 Å². The summed E-state index contributed by atoms with van der Waals surface area (Å²) in [6, 6.07) is 15.7. The maximum Gasteiger partial charge on any atom is 0.322 e. The van der Waals surface area contributed by atoms with E-state index in [9.17, 15) is 19.2 Å². The molecule has 5 rings (SSSR count). The summed E-state index contributed by atoms with van der Waals surface area (Å²) in [6.45, 7) is 9.11. The van der Waals surface area contributed by atoms with E-state index in [4.69, 9.17) is 4.74 Å². The molecule has 1 N–H and O–H groups in total. The van der Waals surface area contributed by atoms with E-state index in [1.807, 2.05) is 61.5 Å². The van der Waals surface area contributed by atoms with Crippen LogP contribution >= 0.6 is 0 Å². The number of piperidine rings is 1. The molecule has 9 heteroatoms. The number of carbonyl (C=O) groups excluding carboxylic acids is 4. The van der Waals surface area contributed by atoms with E-state index < -0.39 is 12.1 Å². The zero-order valence-electron chi connectivity index (χ0n) is 24.3. The molecule has 3 heterocycles. The summed E-state index contributed by atoms with van der Waals surface area (Å²) in [4.78, 5) is 59.0. The topological polar surface area (TPSA) is 99.3 Å². The van der Waals surface area contributed by atoms with Crippen LogP contribution in [0.3, 0.4) is 0 Å². The van der Waals surface area contributed by atoms with Crippen LogP contribution in [0.1, 0.15) is 42.5 Å². The normalized spacial score (nSPS) is 19.9. The summed E-state index contributed by atoms with van der Waals surface area (Å²) in [7, 11) is 0. The van der Waals surface area contributed by atoms with E-state index in [0.29, 0.717) is 50.2 Å². The molecule has 220 valence electrons. The van der Waals surface area contributed by atoms with Crippen molar-refractivity contribution in [2.45, 2.75) is 45.2 Å².